The van der Waals surface area contributed by atoms with Crippen LogP contribution in [-0.2, 0) is 0 Å². The molecule has 1 saturated heterocycles. The first-order valence-electron chi connectivity index (χ1n) is 5.45. The lowest BCUT2D eigenvalue weighted by molar-refractivity contribution is -0.389. The Morgan fingerprint density at radius 1 is 1.44 bits per heavy atom. The number of aromatic nitrogens is 1. The van der Waals surface area contributed by atoms with Crippen LogP contribution in [0.1, 0.15) is 24.3 Å². The summed E-state index contributed by atoms with van der Waals surface area (Å²) in [5.74, 6) is 0.432. The number of rotatable bonds is 2. The molecule has 0 aromatic carbocycles. The van der Waals surface area contributed by atoms with Crippen molar-refractivity contribution in [3.8, 4) is 0 Å². The topological polar surface area (TPSA) is 59.3 Å². The van der Waals surface area contributed by atoms with Gasteiger partial charge >= 0.3 is 5.82 Å². The van der Waals surface area contributed by atoms with Crippen LogP contribution in [0.2, 0.25) is 0 Å². The summed E-state index contributed by atoms with van der Waals surface area (Å²) < 4.78 is 0. The van der Waals surface area contributed by atoms with Gasteiger partial charge in [0, 0.05) is 6.07 Å². The molecule has 1 aromatic rings. The van der Waals surface area contributed by atoms with Crippen molar-refractivity contribution < 1.29 is 4.92 Å². The van der Waals surface area contributed by atoms with Crippen molar-refractivity contribution in [3.63, 3.8) is 0 Å². The van der Waals surface area contributed by atoms with Crippen molar-refractivity contribution in [1.82, 2.24) is 9.88 Å². The highest BCUT2D eigenvalue weighted by Crippen LogP contribution is 2.27. The van der Waals surface area contributed by atoms with E-state index in [9.17, 15) is 10.1 Å². The average molecular weight is 221 g/mol. The number of hydrogen-bond acceptors (Lipinski definition) is 4. The van der Waals surface area contributed by atoms with Crippen molar-refractivity contribution in [2.24, 2.45) is 0 Å². The smallest absolute Gasteiger partial charge is 0.358 e. The highest BCUT2D eigenvalue weighted by Gasteiger charge is 2.20. The van der Waals surface area contributed by atoms with E-state index in [1.807, 2.05) is 6.07 Å². The second-order valence-corrected chi connectivity index (χ2v) is 4.28. The van der Waals surface area contributed by atoms with Crippen LogP contribution in [0.4, 0.5) is 5.82 Å². The molecule has 0 N–H and O–H groups in total. The molecule has 5 nitrogen and oxygen atoms in total. The fraction of sp³-hybridized carbons (Fsp3) is 0.545. The Morgan fingerprint density at radius 3 is 2.62 bits per heavy atom. The molecule has 1 aliphatic heterocycles. The third-order valence-electron chi connectivity index (χ3n) is 3.15. The minimum absolute atomic E-state index is 0.0725. The molecule has 0 spiro atoms. The molecule has 0 atom stereocenters. The van der Waals surface area contributed by atoms with Crippen molar-refractivity contribution >= 4 is 5.82 Å². The molecule has 1 fully saturated rings. The van der Waals surface area contributed by atoms with E-state index < -0.39 is 4.92 Å². The highest BCUT2D eigenvalue weighted by atomic mass is 16.6. The molecule has 1 aromatic heterocycles. The Bertz CT molecular complexity index is 369. The maximum atomic E-state index is 10.5. The van der Waals surface area contributed by atoms with Crippen molar-refractivity contribution in [3.05, 3.63) is 34.0 Å². The maximum Gasteiger partial charge on any atom is 0.363 e. The van der Waals surface area contributed by atoms with E-state index in [2.05, 4.69) is 16.9 Å². The van der Waals surface area contributed by atoms with E-state index in [4.69, 9.17) is 0 Å². The van der Waals surface area contributed by atoms with Crippen LogP contribution in [0.5, 0.6) is 0 Å². The van der Waals surface area contributed by atoms with Crippen LogP contribution in [0.15, 0.2) is 18.3 Å². The highest BCUT2D eigenvalue weighted by molar-refractivity contribution is 5.25. The molecule has 86 valence electrons. The van der Waals surface area contributed by atoms with Gasteiger partial charge in [-0.15, -0.1) is 0 Å². The van der Waals surface area contributed by atoms with Gasteiger partial charge in [-0.2, -0.15) is 0 Å². The van der Waals surface area contributed by atoms with Crippen LogP contribution in [0, 0.1) is 10.1 Å². The first-order valence-corrected chi connectivity index (χ1v) is 5.45. The SMILES string of the molecule is CN1CCC(c2ccc([N+](=O)[O-])nc2)CC1. The van der Waals surface area contributed by atoms with Gasteiger partial charge in [0.2, 0.25) is 0 Å². The van der Waals surface area contributed by atoms with Crippen LogP contribution >= 0.6 is 0 Å². The van der Waals surface area contributed by atoms with Crippen LogP contribution < -0.4 is 0 Å². The van der Waals surface area contributed by atoms with Gasteiger partial charge in [-0.05, 0) is 60.4 Å². The molecule has 0 unspecified atom stereocenters. The molecule has 1 aliphatic rings. The fourth-order valence-corrected chi connectivity index (χ4v) is 2.09. The summed E-state index contributed by atoms with van der Waals surface area (Å²) in [6.45, 7) is 2.17. The molecule has 2 heterocycles. The van der Waals surface area contributed by atoms with Crippen molar-refractivity contribution in [2.75, 3.05) is 20.1 Å². The van der Waals surface area contributed by atoms with E-state index in [1.165, 1.54) is 6.07 Å². The Hall–Kier alpha value is -1.49. The lowest BCUT2D eigenvalue weighted by Crippen LogP contribution is -2.29. The predicted octanol–water partition coefficient (Wildman–Crippen LogP) is 1.80. The molecule has 2 rings (SSSR count). The van der Waals surface area contributed by atoms with Gasteiger partial charge in [0.05, 0.1) is 0 Å². The molecular formula is C11H15N3O2. The molecule has 0 saturated carbocycles. The molecule has 0 radical (unpaired) electrons. The van der Waals surface area contributed by atoms with E-state index in [0.29, 0.717) is 5.92 Å². The summed E-state index contributed by atoms with van der Waals surface area (Å²) in [5.41, 5.74) is 1.12. The number of piperidine rings is 1. The average Bonchev–Trinajstić information content (AvgIpc) is 2.30. The summed E-state index contributed by atoms with van der Waals surface area (Å²) in [6.07, 6.45) is 3.86. The number of pyridine rings is 1. The van der Waals surface area contributed by atoms with Crippen molar-refractivity contribution in [1.29, 1.82) is 0 Å². The molecule has 5 heteroatoms. The second-order valence-electron chi connectivity index (χ2n) is 4.28. The number of hydrogen-bond donors (Lipinski definition) is 0. The zero-order valence-corrected chi connectivity index (χ0v) is 9.30. The normalized spacial score (nSPS) is 18.6. The van der Waals surface area contributed by atoms with E-state index in [0.717, 1.165) is 31.5 Å². The summed E-state index contributed by atoms with van der Waals surface area (Å²) in [6, 6.07) is 3.33. The quantitative estimate of drug-likeness (QED) is 0.564. The largest absolute Gasteiger partial charge is 0.363 e. The molecular weight excluding hydrogens is 206 g/mol. The summed E-state index contributed by atoms with van der Waals surface area (Å²) in [7, 11) is 2.12. The van der Waals surface area contributed by atoms with Crippen LogP contribution in [0.3, 0.4) is 0 Å². The lowest BCUT2D eigenvalue weighted by Gasteiger charge is -2.28. The number of nitrogens with zero attached hydrogens (tertiary/aromatic N) is 3. The first kappa shape index (κ1) is 11.0. The Kier molecular flexibility index (Phi) is 3.14. The number of likely N-dealkylation sites (tertiary alicyclic amines) is 1. The molecule has 0 bridgehead atoms. The minimum atomic E-state index is -0.460. The molecule has 0 amide bonds. The van der Waals surface area contributed by atoms with Gasteiger partial charge in [0.1, 0.15) is 6.20 Å². The van der Waals surface area contributed by atoms with Gasteiger partial charge in [0.15, 0.2) is 0 Å². The van der Waals surface area contributed by atoms with Gasteiger partial charge < -0.3 is 15.0 Å². The van der Waals surface area contributed by atoms with Crippen molar-refractivity contribution in [2.45, 2.75) is 18.8 Å². The predicted molar refractivity (Wildman–Crippen MR) is 60.4 cm³/mol. The Balaban J connectivity index is 2.07. The molecule has 0 aliphatic carbocycles. The van der Waals surface area contributed by atoms with E-state index in [-0.39, 0.29) is 5.82 Å². The monoisotopic (exact) mass is 221 g/mol. The first-order chi connectivity index (χ1) is 7.66. The van der Waals surface area contributed by atoms with Crippen LogP contribution in [0.25, 0.3) is 0 Å². The zero-order valence-electron chi connectivity index (χ0n) is 9.30. The number of nitro groups is 1. The molecule has 16 heavy (non-hydrogen) atoms. The summed E-state index contributed by atoms with van der Waals surface area (Å²) in [5, 5.41) is 10.5. The maximum absolute atomic E-state index is 10.5. The summed E-state index contributed by atoms with van der Waals surface area (Å²) in [4.78, 5) is 16.2. The Morgan fingerprint density at radius 2 is 2.12 bits per heavy atom. The van der Waals surface area contributed by atoms with E-state index >= 15 is 0 Å². The minimum Gasteiger partial charge on any atom is -0.358 e. The second kappa shape index (κ2) is 4.57. The standard InChI is InChI=1S/C11H15N3O2/c1-13-6-4-9(5-7-13)10-2-3-11(12-8-10)14(15)16/h2-3,8-9H,4-7H2,1H3. The fourth-order valence-electron chi connectivity index (χ4n) is 2.09. The van der Waals surface area contributed by atoms with E-state index in [1.54, 1.807) is 6.20 Å². The van der Waals surface area contributed by atoms with Gasteiger partial charge in [-0.3, -0.25) is 0 Å². The van der Waals surface area contributed by atoms with Gasteiger partial charge in [0.25, 0.3) is 0 Å². The lowest BCUT2D eigenvalue weighted by atomic mass is 9.91. The van der Waals surface area contributed by atoms with Gasteiger partial charge in [-0.1, -0.05) is 0 Å². The zero-order chi connectivity index (χ0) is 11.5. The third-order valence-corrected chi connectivity index (χ3v) is 3.15. The Labute approximate surface area is 94.2 Å². The third kappa shape index (κ3) is 2.36. The van der Waals surface area contributed by atoms with Crippen LogP contribution in [-0.4, -0.2) is 34.9 Å². The summed E-state index contributed by atoms with van der Waals surface area (Å²) >= 11 is 0. The van der Waals surface area contributed by atoms with Gasteiger partial charge in [-0.25, -0.2) is 0 Å².